The number of rotatable bonds is 33. The quantitative estimate of drug-likeness (QED) is 0.0438. The Morgan fingerprint density at radius 3 is 1.19 bits per heavy atom. The Morgan fingerprint density at radius 1 is 0.447 bits per heavy atom. The van der Waals surface area contributed by atoms with Gasteiger partial charge in [0.2, 0.25) is 17.2 Å². The molecule has 0 radical (unpaired) electrons. The van der Waals surface area contributed by atoms with Crippen molar-refractivity contribution >= 4 is 6.16 Å². The molecular formula is C40H72O7. The average Bonchev–Trinajstić information content (AvgIpc) is 3.06. The van der Waals surface area contributed by atoms with E-state index in [0.717, 1.165) is 70.6 Å². The molecule has 0 bridgehead atoms. The first-order valence-corrected chi connectivity index (χ1v) is 19.7. The fourth-order valence-corrected chi connectivity index (χ4v) is 5.97. The van der Waals surface area contributed by atoms with Crippen LogP contribution in [0, 0.1) is 0 Å². The normalized spacial score (nSPS) is 11.1. The van der Waals surface area contributed by atoms with Crippen molar-refractivity contribution in [2.24, 2.45) is 0 Å². The van der Waals surface area contributed by atoms with E-state index in [1.807, 2.05) is 0 Å². The Bertz CT molecular complexity index is 901. The second kappa shape index (κ2) is 29.8. The highest BCUT2D eigenvalue weighted by Gasteiger charge is 2.30. The maximum absolute atomic E-state index is 11.9. The second-order valence-electron chi connectivity index (χ2n) is 13.2. The summed E-state index contributed by atoms with van der Waals surface area (Å²) in [6, 6.07) is 0. The van der Waals surface area contributed by atoms with Crippen LogP contribution in [0.2, 0.25) is 0 Å². The molecule has 0 aliphatic rings. The van der Waals surface area contributed by atoms with Gasteiger partial charge in [0.05, 0.1) is 19.8 Å². The summed E-state index contributed by atoms with van der Waals surface area (Å²) in [5.74, 6) is 0.615. The van der Waals surface area contributed by atoms with E-state index < -0.39 is 6.16 Å². The molecule has 7 nitrogen and oxygen atoms in total. The van der Waals surface area contributed by atoms with Crippen molar-refractivity contribution in [1.29, 1.82) is 0 Å². The number of carbonyl (C=O) groups is 1. The van der Waals surface area contributed by atoms with Crippen molar-refractivity contribution in [2.45, 2.75) is 195 Å². The van der Waals surface area contributed by atoms with E-state index in [0.29, 0.717) is 43.3 Å². The molecule has 1 aromatic carbocycles. The molecule has 274 valence electrons. The van der Waals surface area contributed by atoms with Gasteiger partial charge in [-0.3, -0.25) is 0 Å². The van der Waals surface area contributed by atoms with Crippen molar-refractivity contribution in [3.05, 3.63) is 5.56 Å². The van der Waals surface area contributed by atoms with Crippen LogP contribution in [-0.2, 0) is 6.42 Å². The van der Waals surface area contributed by atoms with Crippen LogP contribution in [0.4, 0.5) is 4.79 Å². The molecule has 7 heteroatoms. The molecule has 0 fully saturated rings. The Hall–Kier alpha value is -2.31. The molecule has 0 atom stereocenters. The first-order chi connectivity index (χ1) is 23.0. The SMILES string of the molecule is CCCCCCCCCOc1c(O)c(OC(=O)O)c(CCCCCC)c(OCCCCCCCCC)c1OCCCCCCCCC. The lowest BCUT2D eigenvalue weighted by atomic mass is 10.0. The Kier molecular flexibility index (Phi) is 27.1. The van der Waals surface area contributed by atoms with Gasteiger partial charge in [0.1, 0.15) is 0 Å². The first kappa shape index (κ1) is 42.7. The van der Waals surface area contributed by atoms with Crippen molar-refractivity contribution in [2.75, 3.05) is 19.8 Å². The largest absolute Gasteiger partial charge is 0.511 e. The van der Waals surface area contributed by atoms with Crippen molar-refractivity contribution in [3.63, 3.8) is 0 Å². The maximum Gasteiger partial charge on any atom is 0.511 e. The predicted molar refractivity (Wildman–Crippen MR) is 195 cm³/mol. The van der Waals surface area contributed by atoms with E-state index in [4.69, 9.17) is 18.9 Å². The van der Waals surface area contributed by atoms with Gasteiger partial charge in [-0.25, -0.2) is 4.79 Å². The van der Waals surface area contributed by atoms with Crippen LogP contribution in [0.3, 0.4) is 0 Å². The number of ether oxygens (including phenoxy) is 4. The maximum atomic E-state index is 11.9. The van der Waals surface area contributed by atoms with E-state index in [1.165, 1.54) is 89.9 Å². The summed E-state index contributed by atoms with van der Waals surface area (Å²) in [5, 5.41) is 21.2. The van der Waals surface area contributed by atoms with Gasteiger partial charge in [-0.15, -0.1) is 0 Å². The number of aromatic hydroxyl groups is 1. The summed E-state index contributed by atoms with van der Waals surface area (Å²) >= 11 is 0. The van der Waals surface area contributed by atoms with Gasteiger partial charge < -0.3 is 29.2 Å². The lowest BCUT2D eigenvalue weighted by Gasteiger charge is -2.23. The van der Waals surface area contributed by atoms with E-state index in [2.05, 4.69) is 27.7 Å². The Morgan fingerprint density at radius 2 is 0.787 bits per heavy atom. The monoisotopic (exact) mass is 665 g/mol. The summed E-state index contributed by atoms with van der Waals surface area (Å²) in [6.45, 7) is 10.2. The first-order valence-electron chi connectivity index (χ1n) is 19.7. The summed E-state index contributed by atoms with van der Waals surface area (Å²) in [7, 11) is 0. The van der Waals surface area contributed by atoms with Crippen LogP contribution in [0.15, 0.2) is 0 Å². The summed E-state index contributed by atoms with van der Waals surface area (Å²) in [5.41, 5.74) is 0.557. The molecule has 0 saturated carbocycles. The number of carboxylic acid groups (broad SMARTS) is 1. The standard InChI is InChI=1S/C40H72O7/c1-5-9-13-17-20-23-27-31-44-37-34(30-26-16-12-8-4)36(47-40(42)43)35(41)38(45-32-28-24-21-18-14-10-6-2)39(37)46-33-29-25-22-19-15-11-7-3/h41H,5-33H2,1-4H3,(H,42,43). The molecule has 0 aromatic heterocycles. The van der Waals surface area contributed by atoms with E-state index in [-0.39, 0.29) is 17.2 Å². The average molecular weight is 665 g/mol. The highest BCUT2D eigenvalue weighted by Crippen LogP contribution is 2.54. The third-order valence-electron chi connectivity index (χ3n) is 8.84. The lowest BCUT2D eigenvalue weighted by Crippen LogP contribution is -2.12. The van der Waals surface area contributed by atoms with Crippen molar-refractivity contribution in [3.8, 4) is 28.7 Å². The molecule has 0 aliphatic carbocycles. The topological polar surface area (TPSA) is 94.5 Å². The molecule has 0 aliphatic heterocycles. The molecule has 0 unspecified atom stereocenters. The highest BCUT2D eigenvalue weighted by atomic mass is 16.7. The zero-order valence-corrected chi connectivity index (χ0v) is 30.9. The van der Waals surface area contributed by atoms with Crippen LogP contribution in [0.5, 0.6) is 28.7 Å². The predicted octanol–water partition coefficient (Wildman–Crippen LogP) is 13.0. The number of phenols is 1. The fourth-order valence-electron chi connectivity index (χ4n) is 5.97. The minimum atomic E-state index is -1.47. The van der Waals surface area contributed by atoms with Gasteiger partial charge >= 0.3 is 6.16 Å². The van der Waals surface area contributed by atoms with E-state index in [1.54, 1.807) is 0 Å². The van der Waals surface area contributed by atoms with Crippen LogP contribution in [0.25, 0.3) is 0 Å². The summed E-state index contributed by atoms with van der Waals surface area (Å²) in [4.78, 5) is 11.9. The van der Waals surface area contributed by atoms with Crippen LogP contribution in [0.1, 0.15) is 194 Å². The summed E-state index contributed by atoms with van der Waals surface area (Å²) in [6.07, 6.45) is 27.3. The smallest absolute Gasteiger partial charge is 0.502 e. The van der Waals surface area contributed by atoms with Crippen molar-refractivity contribution in [1.82, 2.24) is 0 Å². The van der Waals surface area contributed by atoms with E-state index >= 15 is 0 Å². The van der Waals surface area contributed by atoms with Crippen LogP contribution < -0.4 is 18.9 Å². The minimum absolute atomic E-state index is 0.0820. The van der Waals surface area contributed by atoms with Gasteiger partial charge in [-0.1, -0.05) is 163 Å². The number of benzene rings is 1. The van der Waals surface area contributed by atoms with Gasteiger partial charge in [0.25, 0.3) is 0 Å². The molecule has 0 spiro atoms. The fraction of sp³-hybridized carbons (Fsp3) is 0.825. The van der Waals surface area contributed by atoms with Gasteiger partial charge in [-0.05, 0) is 32.1 Å². The molecule has 2 N–H and O–H groups in total. The number of hydrogen-bond acceptors (Lipinski definition) is 6. The molecule has 1 rings (SSSR count). The van der Waals surface area contributed by atoms with Crippen LogP contribution in [-0.4, -0.2) is 36.2 Å². The Labute approximate surface area is 288 Å². The number of unbranched alkanes of at least 4 members (excludes halogenated alkanes) is 21. The second-order valence-corrected chi connectivity index (χ2v) is 13.2. The van der Waals surface area contributed by atoms with Gasteiger partial charge in [-0.2, -0.15) is 0 Å². The molecular weight excluding hydrogens is 592 g/mol. The van der Waals surface area contributed by atoms with Crippen molar-refractivity contribution < 1.29 is 34.0 Å². The van der Waals surface area contributed by atoms with Gasteiger partial charge in [0.15, 0.2) is 11.5 Å². The minimum Gasteiger partial charge on any atom is -0.502 e. The molecule has 47 heavy (non-hydrogen) atoms. The number of phenolic OH excluding ortho intramolecular Hbond substituents is 1. The van der Waals surface area contributed by atoms with E-state index in [9.17, 15) is 15.0 Å². The summed E-state index contributed by atoms with van der Waals surface area (Å²) < 4.78 is 24.4. The third-order valence-corrected chi connectivity index (χ3v) is 8.84. The van der Waals surface area contributed by atoms with Crippen LogP contribution >= 0.6 is 0 Å². The molecule has 0 heterocycles. The Balaban J connectivity index is 3.27. The zero-order valence-electron chi connectivity index (χ0n) is 30.9. The highest BCUT2D eigenvalue weighted by molar-refractivity contribution is 5.73. The lowest BCUT2D eigenvalue weighted by molar-refractivity contribution is 0.141. The number of hydrogen-bond donors (Lipinski definition) is 2. The third kappa shape index (κ3) is 20.0. The molecule has 0 amide bonds. The zero-order chi connectivity index (χ0) is 34.4. The molecule has 1 aromatic rings. The van der Waals surface area contributed by atoms with Gasteiger partial charge in [0, 0.05) is 5.56 Å². The molecule has 0 saturated heterocycles.